The van der Waals surface area contributed by atoms with Crippen molar-refractivity contribution in [3.63, 3.8) is 0 Å². The van der Waals surface area contributed by atoms with Crippen molar-refractivity contribution in [1.82, 2.24) is 5.32 Å². The Hall–Kier alpha value is -0.280. The molecule has 1 rings (SSSR count). The van der Waals surface area contributed by atoms with Crippen LogP contribution in [-0.4, -0.2) is 19.8 Å². The van der Waals surface area contributed by atoms with Crippen molar-refractivity contribution >= 4 is 23.2 Å². The number of halogens is 2. The third kappa shape index (κ3) is 4.84. The molecule has 0 fully saturated rings. The van der Waals surface area contributed by atoms with Gasteiger partial charge in [-0.15, -0.1) is 0 Å². The quantitative estimate of drug-likeness (QED) is 0.854. The van der Waals surface area contributed by atoms with Gasteiger partial charge in [-0.1, -0.05) is 43.1 Å². The molecule has 0 aliphatic heterocycles. The second-order valence-electron chi connectivity index (χ2n) is 4.44. The summed E-state index contributed by atoms with van der Waals surface area (Å²) in [5.74, 6) is 0.526. The number of hydrogen-bond donors (Lipinski definition) is 1. The van der Waals surface area contributed by atoms with Gasteiger partial charge in [0, 0.05) is 19.7 Å². The fourth-order valence-electron chi connectivity index (χ4n) is 1.57. The first-order chi connectivity index (χ1) is 8.04. The molecule has 4 heteroatoms. The summed E-state index contributed by atoms with van der Waals surface area (Å²) in [6, 6.07) is 6.03. The van der Waals surface area contributed by atoms with Crippen LogP contribution in [-0.2, 0) is 11.3 Å². The van der Waals surface area contributed by atoms with Gasteiger partial charge >= 0.3 is 0 Å². The molecule has 0 amide bonds. The van der Waals surface area contributed by atoms with Crippen molar-refractivity contribution < 1.29 is 4.74 Å². The third-order valence-corrected chi connectivity index (χ3v) is 3.44. The van der Waals surface area contributed by atoms with Crippen molar-refractivity contribution in [2.75, 3.05) is 13.7 Å². The Balaban J connectivity index is 2.56. The molecule has 0 aromatic heterocycles. The van der Waals surface area contributed by atoms with Crippen LogP contribution in [0.3, 0.4) is 0 Å². The minimum atomic E-state index is 0.342. The van der Waals surface area contributed by atoms with Gasteiger partial charge in [-0.2, -0.15) is 0 Å². The molecule has 1 unspecified atom stereocenters. The summed E-state index contributed by atoms with van der Waals surface area (Å²) in [6.07, 6.45) is 0. The fraction of sp³-hybridized carbons (Fsp3) is 0.538. The Morgan fingerprint density at radius 3 is 2.47 bits per heavy atom. The number of ether oxygens (including phenoxy) is 1. The van der Waals surface area contributed by atoms with Crippen molar-refractivity contribution in [3.8, 4) is 0 Å². The second kappa shape index (κ2) is 7.22. The Morgan fingerprint density at radius 1 is 1.24 bits per heavy atom. The normalized spacial score (nSPS) is 13.1. The number of benzene rings is 1. The van der Waals surface area contributed by atoms with Gasteiger partial charge in [0.05, 0.1) is 16.7 Å². The van der Waals surface area contributed by atoms with E-state index in [1.165, 1.54) is 0 Å². The van der Waals surface area contributed by atoms with Crippen LogP contribution >= 0.6 is 23.2 Å². The van der Waals surface area contributed by atoms with Crippen molar-refractivity contribution in [1.29, 1.82) is 0 Å². The summed E-state index contributed by atoms with van der Waals surface area (Å²) in [4.78, 5) is 0. The number of methoxy groups -OCH3 is 1. The molecule has 0 bridgehead atoms. The topological polar surface area (TPSA) is 21.3 Å². The molecule has 0 aliphatic rings. The van der Waals surface area contributed by atoms with Crippen LogP contribution < -0.4 is 5.32 Å². The first kappa shape index (κ1) is 14.8. The minimum Gasteiger partial charge on any atom is -0.383 e. The number of hydrogen-bond acceptors (Lipinski definition) is 2. The van der Waals surface area contributed by atoms with E-state index in [0.717, 1.165) is 12.1 Å². The SMILES string of the molecule is COCC(NCc1ccc(Cl)c(Cl)c1)C(C)C. The lowest BCUT2D eigenvalue weighted by Gasteiger charge is -2.21. The Bertz CT molecular complexity index is 355. The monoisotopic (exact) mass is 275 g/mol. The molecule has 0 saturated heterocycles. The summed E-state index contributed by atoms with van der Waals surface area (Å²) in [5.41, 5.74) is 1.13. The zero-order valence-electron chi connectivity index (χ0n) is 10.5. The van der Waals surface area contributed by atoms with Gasteiger partial charge in [0.1, 0.15) is 0 Å². The molecular formula is C13H19Cl2NO. The van der Waals surface area contributed by atoms with E-state index < -0.39 is 0 Å². The molecule has 1 aromatic rings. The summed E-state index contributed by atoms with van der Waals surface area (Å²) >= 11 is 11.8. The first-order valence-corrected chi connectivity index (χ1v) is 6.46. The Labute approximate surface area is 113 Å². The maximum Gasteiger partial charge on any atom is 0.0618 e. The average molecular weight is 276 g/mol. The van der Waals surface area contributed by atoms with E-state index in [9.17, 15) is 0 Å². The van der Waals surface area contributed by atoms with E-state index in [0.29, 0.717) is 28.6 Å². The van der Waals surface area contributed by atoms with Crippen LogP contribution in [0.4, 0.5) is 0 Å². The smallest absolute Gasteiger partial charge is 0.0618 e. The lowest BCUT2D eigenvalue weighted by Crippen LogP contribution is -2.37. The van der Waals surface area contributed by atoms with Crippen LogP contribution in [0, 0.1) is 5.92 Å². The zero-order valence-corrected chi connectivity index (χ0v) is 12.0. The van der Waals surface area contributed by atoms with Gasteiger partial charge in [0.15, 0.2) is 0 Å². The van der Waals surface area contributed by atoms with Crippen molar-refractivity contribution in [2.45, 2.75) is 26.4 Å². The van der Waals surface area contributed by atoms with Gasteiger partial charge in [-0.3, -0.25) is 0 Å². The molecule has 0 aliphatic carbocycles. The second-order valence-corrected chi connectivity index (χ2v) is 5.25. The molecule has 1 N–H and O–H groups in total. The van der Waals surface area contributed by atoms with E-state index in [1.807, 2.05) is 18.2 Å². The van der Waals surface area contributed by atoms with E-state index in [2.05, 4.69) is 19.2 Å². The predicted octanol–water partition coefficient (Wildman–Crippen LogP) is 3.75. The first-order valence-electron chi connectivity index (χ1n) is 5.70. The molecule has 0 radical (unpaired) electrons. The fourth-order valence-corrected chi connectivity index (χ4v) is 1.89. The summed E-state index contributed by atoms with van der Waals surface area (Å²) in [7, 11) is 1.72. The van der Waals surface area contributed by atoms with Crippen LogP contribution in [0.15, 0.2) is 18.2 Å². The van der Waals surface area contributed by atoms with Gasteiger partial charge < -0.3 is 10.1 Å². The summed E-state index contributed by atoms with van der Waals surface area (Å²) < 4.78 is 5.19. The predicted molar refractivity (Wildman–Crippen MR) is 73.8 cm³/mol. The summed E-state index contributed by atoms with van der Waals surface area (Å²) in [5, 5.41) is 4.64. The maximum absolute atomic E-state index is 5.97. The molecule has 17 heavy (non-hydrogen) atoms. The van der Waals surface area contributed by atoms with E-state index in [1.54, 1.807) is 7.11 Å². The lowest BCUT2D eigenvalue weighted by atomic mass is 10.0. The van der Waals surface area contributed by atoms with E-state index >= 15 is 0 Å². The van der Waals surface area contributed by atoms with Crippen LogP contribution in [0.5, 0.6) is 0 Å². The number of nitrogens with one attached hydrogen (secondary N) is 1. The molecule has 0 heterocycles. The van der Waals surface area contributed by atoms with Gasteiger partial charge in [0.25, 0.3) is 0 Å². The van der Waals surface area contributed by atoms with Gasteiger partial charge in [-0.25, -0.2) is 0 Å². The molecule has 0 saturated carbocycles. The van der Waals surface area contributed by atoms with Crippen molar-refractivity contribution in [2.24, 2.45) is 5.92 Å². The van der Waals surface area contributed by atoms with E-state index in [-0.39, 0.29) is 0 Å². The maximum atomic E-state index is 5.97. The lowest BCUT2D eigenvalue weighted by molar-refractivity contribution is 0.146. The Morgan fingerprint density at radius 2 is 1.94 bits per heavy atom. The van der Waals surface area contributed by atoms with Crippen LogP contribution in [0.1, 0.15) is 19.4 Å². The highest BCUT2D eigenvalue weighted by atomic mass is 35.5. The molecule has 96 valence electrons. The van der Waals surface area contributed by atoms with Gasteiger partial charge in [0.2, 0.25) is 0 Å². The standard InChI is InChI=1S/C13H19Cl2NO/c1-9(2)13(8-17-3)16-7-10-4-5-11(14)12(15)6-10/h4-6,9,13,16H,7-8H2,1-3H3. The third-order valence-electron chi connectivity index (χ3n) is 2.70. The number of rotatable bonds is 6. The van der Waals surface area contributed by atoms with Crippen LogP contribution in [0.25, 0.3) is 0 Å². The molecule has 1 atom stereocenters. The van der Waals surface area contributed by atoms with E-state index in [4.69, 9.17) is 27.9 Å². The highest BCUT2D eigenvalue weighted by Crippen LogP contribution is 2.22. The molecule has 1 aromatic carbocycles. The van der Waals surface area contributed by atoms with Gasteiger partial charge in [-0.05, 0) is 23.6 Å². The van der Waals surface area contributed by atoms with Crippen molar-refractivity contribution in [3.05, 3.63) is 33.8 Å². The average Bonchev–Trinajstić information content (AvgIpc) is 2.28. The Kier molecular flexibility index (Phi) is 6.28. The zero-order chi connectivity index (χ0) is 12.8. The molecule has 0 spiro atoms. The highest BCUT2D eigenvalue weighted by molar-refractivity contribution is 6.42. The molecular weight excluding hydrogens is 257 g/mol. The largest absolute Gasteiger partial charge is 0.383 e. The van der Waals surface area contributed by atoms with Crippen LogP contribution in [0.2, 0.25) is 10.0 Å². The highest BCUT2D eigenvalue weighted by Gasteiger charge is 2.12. The minimum absolute atomic E-state index is 0.342. The molecule has 2 nitrogen and oxygen atoms in total. The summed E-state index contributed by atoms with van der Waals surface area (Å²) in [6.45, 7) is 5.82.